The molecule has 0 spiro atoms. The highest BCUT2D eigenvalue weighted by Gasteiger charge is 2.12. The molecule has 0 bridgehead atoms. The van der Waals surface area contributed by atoms with Crippen molar-refractivity contribution in [2.24, 2.45) is 0 Å². The van der Waals surface area contributed by atoms with Crippen LogP contribution in [0.2, 0.25) is 0 Å². The number of hydrogen-bond acceptors (Lipinski definition) is 2. The molecule has 2 rings (SSSR count). The van der Waals surface area contributed by atoms with Gasteiger partial charge < -0.3 is 5.43 Å². The Kier molecular flexibility index (Phi) is 1.06. The van der Waals surface area contributed by atoms with E-state index >= 15 is 0 Å². The lowest BCUT2D eigenvalue weighted by Crippen LogP contribution is -2.23. The molecule has 2 heteroatoms. The number of allylic oxidation sites excluding steroid dienone is 2. The lowest BCUT2D eigenvalue weighted by atomic mass is 10.0. The normalized spacial score (nSPS) is 24.0. The first-order valence-electron chi connectivity index (χ1n) is 3.31. The Labute approximate surface area is 54.6 Å². The molecule has 0 saturated heterocycles. The summed E-state index contributed by atoms with van der Waals surface area (Å²) in [6.07, 6.45) is 6.66. The van der Waals surface area contributed by atoms with E-state index in [1.807, 2.05) is 0 Å². The average molecular weight is 122 g/mol. The van der Waals surface area contributed by atoms with E-state index < -0.39 is 0 Å². The maximum atomic E-state index is 3.14. The van der Waals surface area contributed by atoms with Gasteiger partial charge in [0.25, 0.3) is 0 Å². The maximum Gasteiger partial charge on any atom is 0.0381 e. The van der Waals surface area contributed by atoms with Crippen LogP contribution in [0.3, 0.4) is 0 Å². The predicted octanol–water partition coefficient (Wildman–Crippen LogP) is 0.698. The molecule has 0 aromatic carbocycles. The second kappa shape index (κ2) is 1.88. The van der Waals surface area contributed by atoms with Crippen molar-refractivity contribution in [3.63, 3.8) is 0 Å². The van der Waals surface area contributed by atoms with E-state index in [0.717, 1.165) is 19.4 Å². The molecular formula is C7H10N2. The third-order valence-corrected chi connectivity index (χ3v) is 1.82. The van der Waals surface area contributed by atoms with Crippen molar-refractivity contribution in [1.29, 1.82) is 0 Å². The van der Waals surface area contributed by atoms with Crippen LogP contribution in [-0.2, 0) is 0 Å². The first-order chi connectivity index (χ1) is 4.47. The van der Waals surface area contributed by atoms with Crippen molar-refractivity contribution in [1.82, 2.24) is 10.9 Å². The minimum Gasteiger partial charge on any atom is -0.325 e. The topological polar surface area (TPSA) is 24.1 Å². The van der Waals surface area contributed by atoms with E-state index in [9.17, 15) is 0 Å². The highest BCUT2D eigenvalue weighted by atomic mass is 15.4. The zero-order valence-corrected chi connectivity index (χ0v) is 5.28. The minimum absolute atomic E-state index is 1.03. The summed E-state index contributed by atoms with van der Waals surface area (Å²) in [5, 5.41) is 0. The molecule has 1 aliphatic heterocycles. The van der Waals surface area contributed by atoms with Crippen molar-refractivity contribution < 1.29 is 0 Å². The molecule has 48 valence electrons. The maximum absolute atomic E-state index is 3.14. The van der Waals surface area contributed by atoms with E-state index in [4.69, 9.17) is 0 Å². The highest BCUT2D eigenvalue weighted by molar-refractivity contribution is 5.26. The predicted molar refractivity (Wildman–Crippen MR) is 36.5 cm³/mol. The molecule has 9 heavy (non-hydrogen) atoms. The van der Waals surface area contributed by atoms with Crippen LogP contribution in [0.25, 0.3) is 0 Å². The summed E-state index contributed by atoms with van der Waals surface area (Å²) in [7, 11) is 0. The van der Waals surface area contributed by atoms with Crippen LogP contribution in [0.5, 0.6) is 0 Å². The largest absolute Gasteiger partial charge is 0.325 e. The molecule has 1 aliphatic carbocycles. The van der Waals surface area contributed by atoms with Crippen LogP contribution >= 0.6 is 0 Å². The molecular weight excluding hydrogens is 112 g/mol. The Bertz CT molecular complexity index is 161. The summed E-state index contributed by atoms with van der Waals surface area (Å²) in [4.78, 5) is 0. The first-order valence-corrected chi connectivity index (χ1v) is 3.31. The molecule has 1 heterocycles. The van der Waals surface area contributed by atoms with Gasteiger partial charge in [0.15, 0.2) is 0 Å². The van der Waals surface area contributed by atoms with Crippen LogP contribution in [0.15, 0.2) is 23.4 Å². The van der Waals surface area contributed by atoms with Gasteiger partial charge in [0, 0.05) is 18.7 Å². The molecule has 0 saturated carbocycles. The summed E-state index contributed by atoms with van der Waals surface area (Å²) < 4.78 is 0. The van der Waals surface area contributed by atoms with Gasteiger partial charge in [-0.15, -0.1) is 0 Å². The first kappa shape index (κ1) is 5.06. The van der Waals surface area contributed by atoms with Gasteiger partial charge in [0.2, 0.25) is 0 Å². The zero-order valence-electron chi connectivity index (χ0n) is 5.28. The summed E-state index contributed by atoms with van der Waals surface area (Å²) in [6.45, 7) is 1.03. The van der Waals surface area contributed by atoms with Gasteiger partial charge in [-0.2, -0.15) is 0 Å². The molecule has 2 nitrogen and oxygen atoms in total. The van der Waals surface area contributed by atoms with Crippen LogP contribution in [0.1, 0.15) is 12.8 Å². The standard InChI is InChI=1S/C7H10N2/c1-2-4-7-6(3-1)5-8-9-7/h1-2,8-9H,3-5H2. The smallest absolute Gasteiger partial charge is 0.0381 e. The van der Waals surface area contributed by atoms with E-state index in [2.05, 4.69) is 23.0 Å². The third-order valence-electron chi connectivity index (χ3n) is 1.82. The van der Waals surface area contributed by atoms with E-state index in [0.29, 0.717) is 0 Å². The lowest BCUT2D eigenvalue weighted by molar-refractivity contribution is 0.689. The fraction of sp³-hybridized carbons (Fsp3) is 0.429. The van der Waals surface area contributed by atoms with Gasteiger partial charge in [-0.05, 0) is 12.0 Å². The van der Waals surface area contributed by atoms with Crippen molar-refractivity contribution in [2.75, 3.05) is 6.54 Å². The molecule has 0 aromatic heterocycles. The molecule has 0 amide bonds. The summed E-state index contributed by atoms with van der Waals surface area (Å²) in [5.74, 6) is 0. The fourth-order valence-electron chi connectivity index (χ4n) is 1.27. The fourth-order valence-corrected chi connectivity index (χ4v) is 1.27. The van der Waals surface area contributed by atoms with Gasteiger partial charge in [-0.1, -0.05) is 12.2 Å². The van der Waals surface area contributed by atoms with Crippen molar-refractivity contribution in [2.45, 2.75) is 12.8 Å². The van der Waals surface area contributed by atoms with Crippen LogP contribution in [-0.4, -0.2) is 6.54 Å². The molecule has 2 N–H and O–H groups in total. The molecule has 0 radical (unpaired) electrons. The van der Waals surface area contributed by atoms with E-state index in [-0.39, 0.29) is 0 Å². The second-order valence-electron chi connectivity index (χ2n) is 2.44. The number of hydrogen-bond donors (Lipinski definition) is 2. The highest BCUT2D eigenvalue weighted by Crippen LogP contribution is 2.18. The van der Waals surface area contributed by atoms with Gasteiger partial charge in [0.05, 0.1) is 0 Å². The monoisotopic (exact) mass is 122 g/mol. The SMILES string of the molecule is C1=CCC2=C(C1)CNN2. The van der Waals surface area contributed by atoms with E-state index in [1.165, 1.54) is 11.3 Å². The Morgan fingerprint density at radius 3 is 3.00 bits per heavy atom. The number of rotatable bonds is 0. The van der Waals surface area contributed by atoms with Crippen molar-refractivity contribution in [3.8, 4) is 0 Å². The third kappa shape index (κ3) is 0.754. The van der Waals surface area contributed by atoms with Crippen molar-refractivity contribution in [3.05, 3.63) is 23.4 Å². The van der Waals surface area contributed by atoms with Crippen LogP contribution < -0.4 is 10.9 Å². The van der Waals surface area contributed by atoms with Crippen LogP contribution in [0.4, 0.5) is 0 Å². The Morgan fingerprint density at radius 1 is 1.22 bits per heavy atom. The van der Waals surface area contributed by atoms with Gasteiger partial charge in [0.1, 0.15) is 0 Å². The van der Waals surface area contributed by atoms with E-state index in [1.54, 1.807) is 0 Å². The van der Waals surface area contributed by atoms with Gasteiger partial charge in [-0.25, -0.2) is 5.43 Å². The van der Waals surface area contributed by atoms with Gasteiger partial charge >= 0.3 is 0 Å². The molecule has 2 aliphatic rings. The van der Waals surface area contributed by atoms with Gasteiger partial charge in [-0.3, -0.25) is 0 Å². The molecule has 0 fully saturated rings. The average Bonchev–Trinajstić information content (AvgIpc) is 2.33. The quantitative estimate of drug-likeness (QED) is 0.462. The number of nitrogens with one attached hydrogen (secondary N) is 2. The van der Waals surface area contributed by atoms with Crippen molar-refractivity contribution >= 4 is 0 Å². The Hall–Kier alpha value is -0.760. The zero-order chi connectivity index (χ0) is 6.10. The Balaban J connectivity index is 2.21. The molecule has 0 unspecified atom stereocenters. The summed E-state index contributed by atoms with van der Waals surface area (Å²) in [6, 6.07) is 0. The summed E-state index contributed by atoms with van der Waals surface area (Å²) >= 11 is 0. The molecule has 0 aromatic rings. The molecule has 0 atom stereocenters. The second-order valence-corrected chi connectivity index (χ2v) is 2.44. The number of hydrazine groups is 1. The summed E-state index contributed by atoms with van der Waals surface area (Å²) in [5.41, 5.74) is 9.15. The lowest BCUT2D eigenvalue weighted by Gasteiger charge is -2.05. The minimum atomic E-state index is 1.03. The van der Waals surface area contributed by atoms with Crippen LogP contribution in [0, 0.1) is 0 Å². The Morgan fingerprint density at radius 2 is 2.11 bits per heavy atom.